The molecule has 2 fully saturated rings. The van der Waals surface area contributed by atoms with Crippen LogP contribution in [0.5, 0.6) is 11.5 Å². The van der Waals surface area contributed by atoms with Gasteiger partial charge in [-0.25, -0.2) is 57.7 Å². The molecule has 73 heavy (non-hydrogen) atoms. The summed E-state index contributed by atoms with van der Waals surface area (Å²) in [5, 5.41) is 20.2. The molecule has 6 aromatic heterocycles. The van der Waals surface area contributed by atoms with Crippen LogP contribution in [0.2, 0.25) is 0 Å². The zero-order valence-corrected chi connectivity index (χ0v) is 42.0. The third-order valence-corrected chi connectivity index (χ3v) is 18.8. The van der Waals surface area contributed by atoms with Gasteiger partial charge in [-0.15, -0.1) is 0 Å². The summed E-state index contributed by atoms with van der Waals surface area (Å²) in [7, 11) is -14.4. The molecule has 21 nitrogen and oxygen atoms in total. The smallest absolute Gasteiger partial charge is 0.260 e. The van der Waals surface area contributed by atoms with Gasteiger partial charge in [-0.05, 0) is 109 Å². The molecule has 380 valence electrons. The van der Waals surface area contributed by atoms with E-state index in [0.29, 0.717) is 70.0 Å². The highest BCUT2D eigenvalue weighted by Crippen LogP contribution is 2.30. The molecule has 11 rings (SSSR count). The summed E-state index contributed by atoms with van der Waals surface area (Å²) in [6.07, 6.45) is 7.88. The minimum Gasteiger partial charge on any atom is -0.457 e. The predicted octanol–water partition coefficient (Wildman–Crippen LogP) is 5.34. The molecule has 0 amide bonds. The number of nitrogens with zero attached hydrogens (tertiary/aromatic N) is 8. The van der Waals surface area contributed by atoms with Gasteiger partial charge in [0.2, 0.25) is 0 Å². The van der Waals surface area contributed by atoms with Gasteiger partial charge in [0.1, 0.15) is 17.3 Å². The number of rotatable bonds is 13. The lowest BCUT2D eigenvalue weighted by Crippen LogP contribution is -2.32. The number of aromatic nitrogens is 9. The number of sulfone groups is 1. The molecule has 3 aromatic carbocycles. The second-order valence-corrected chi connectivity index (χ2v) is 24.9. The van der Waals surface area contributed by atoms with Gasteiger partial charge >= 0.3 is 0 Å². The molecule has 2 unspecified atom stereocenters. The van der Waals surface area contributed by atoms with Crippen molar-refractivity contribution in [3.05, 3.63) is 151 Å². The third-order valence-electron chi connectivity index (χ3n) is 12.1. The average Bonchev–Trinajstić information content (AvgIpc) is 4.25. The van der Waals surface area contributed by atoms with Crippen LogP contribution in [0.4, 0.5) is 4.39 Å². The molecule has 2 atom stereocenters. The SMILES string of the molecule is CS(=O)(=O)C1CCN(S(=O)(=O)c2[nH]nc3ncccc23)C1.O=S(=O)(NCc1ccc(Oc2ccc(F)cc2)cc1)c1[nH]nc2ncccc12.O=S(=O)(c1[nH]nc2ncccc12)N1CCC(Cc2ccccc2)C1. The number of ether oxygens (including phenoxy) is 1. The highest BCUT2D eigenvalue weighted by molar-refractivity contribution is 7.91. The number of benzene rings is 3. The topological polar surface area (TPSA) is 289 Å². The summed E-state index contributed by atoms with van der Waals surface area (Å²) < 4.78 is 123. The zero-order valence-electron chi connectivity index (χ0n) is 38.8. The maximum Gasteiger partial charge on any atom is 0.260 e. The first-order chi connectivity index (χ1) is 35.0. The van der Waals surface area contributed by atoms with E-state index in [1.54, 1.807) is 77.4 Å². The lowest BCUT2D eigenvalue weighted by atomic mass is 9.99. The molecule has 2 aliphatic rings. The van der Waals surface area contributed by atoms with Crippen molar-refractivity contribution < 1.29 is 42.8 Å². The monoisotopic (exact) mass is 1070 g/mol. The van der Waals surface area contributed by atoms with Gasteiger partial charge in [0.05, 0.1) is 21.4 Å². The highest BCUT2D eigenvalue weighted by atomic mass is 32.2. The summed E-state index contributed by atoms with van der Waals surface area (Å²) in [5.41, 5.74) is 3.08. The van der Waals surface area contributed by atoms with Gasteiger partial charge in [0, 0.05) is 57.6 Å². The van der Waals surface area contributed by atoms with Gasteiger partial charge in [-0.2, -0.15) is 23.9 Å². The van der Waals surface area contributed by atoms with E-state index < -0.39 is 45.2 Å². The fraction of sp³-hybridized carbons (Fsp3) is 0.234. The first-order valence-corrected chi connectivity index (χ1v) is 28.9. The van der Waals surface area contributed by atoms with E-state index >= 15 is 0 Å². The molecule has 0 bridgehead atoms. The van der Waals surface area contributed by atoms with Crippen molar-refractivity contribution in [2.24, 2.45) is 5.92 Å². The van der Waals surface area contributed by atoms with Crippen LogP contribution in [0.1, 0.15) is 24.0 Å². The lowest BCUT2D eigenvalue weighted by Gasteiger charge is -2.15. The van der Waals surface area contributed by atoms with Crippen molar-refractivity contribution in [3.8, 4) is 11.5 Å². The van der Waals surface area contributed by atoms with E-state index in [-0.39, 0.29) is 40.5 Å². The standard InChI is InChI=1S/C19H15FN4O3S.C17H18N4O2S.C11H14N4O4S2/c20-14-5-9-16(10-6-14)27-15-7-3-13(4-8-15)12-22-28(25,26)19-17-2-1-11-21-18(17)23-24-19;22-24(23,17-15-7-4-9-18-16(15)19-20-17)21-10-8-14(12-21)11-13-5-2-1-3-6-13;1-20(16,17)8-4-6-15(7-8)21(18,19)11-9-3-2-5-12-10(9)13-14-11/h1-11,22H,12H2,(H,21,23,24);1-7,9,14H,8,10-12H2,(H,18,19,20);2-3,5,8H,4,6-7H2,1H3,(H,12,13,14). The van der Waals surface area contributed by atoms with E-state index in [4.69, 9.17) is 4.74 Å². The number of hydrogen-bond donors (Lipinski definition) is 4. The Morgan fingerprint density at radius 3 is 1.58 bits per heavy atom. The minimum atomic E-state index is -3.80. The first kappa shape index (κ1) is 50.9. The van der Waals surface area contributed by atoms with Crippen LogP contribution < -0.4 is 9.46 Å². The van der Waals surface area contributed by atoms with Crippen LogP contribution >= 0.6 is 0 Å². The van der Waals surface area contributed by atoms with Gasteiger partial charge in [-0.3, -0.25) is 15.3 Å². The van der Waals surface area contributed by atoms with Crippen molar-refractivity contribution in [2.75, 3.05) is 32.4 Å². The molecule has 26 heteroatoms. The molecule has 0 aliphatic carbocycles. The number of pyridine rings is 3. The zero-order chi connectivity index (χ0) is 51.4. The number of sulfonamides is 3. The summed E-state index contributed by atoms with van der Waals surface area (Å²) in [6.45, 7) is 1.33. The van der Waals surface area contributed by atoms with Crippen molar-refractivity contribution in [3.63, 3.8) is 0 Å². The van der Waals surface area contributed by atoms with E-state index in [9.17, 15) is 38.1 Å². The van der Waals surface area contributed by atoms with E-state index in [1.807, 2.05) is 18.2 Å². The second kappa shape index (κ2) is 21.2. The summed E-state index contributed by atoms with van der Waals surface area (Å²) in [6, 6.07) is 32.8. The Bertz CT molecular complexity index is 3850. The molecular formula is C47H47FN12O9S4. The molecule has 9 aromatic rings. The number of aromatic amines is 3. The second-order valence-electron chi connectivity index (χ2n) is 17.1. The largest absolute Gasteiger partial charge is 0.457 e. The normalized spacial score (nSPS) is 16.8. The molecule has 0 radical (unpaired) electrons. The highest BCUT2D eigenvalue weighted by Gasteiger charge is 2.39. The average molecular weight is 1070 g/mol. The van der Waals surface area contributed by atoms with Crippen LogP contribution in [-0.4, -0.2) is 126 Å². The Kier molecular flexibility index (Phi) is 14.8. The Labute approximate surface area is 419 Å². The number of hydrogen-bond acceptors (Lipinski definition) is 15. The number of nitrogens with one attached hydrogen (secondary N) is 4. The minimum absolute atomic E-state index is 0.0214. The first-order valence-electron chi connectivity index (χ1n) is 22.6. The Morgan fingerprint density at radius 2 is 1.05 bits per heavy atom. The van der Waals surface area contributed by atoms with Gasteiger partial charge in [-0.1, -0.05) is 42.5 Å². The van der Waals surface area contributed by atoms with Crippen molar-refractivity contribution >= 4 is 73.0 Å². The third kappa shape index (κ3) is 11.6. The molecular weight excluding hydrogens is 1020 g/mol. The van der Waals surface area contributed by atoms with Crippen molar-refractivity contribution in [1.82, 2.24) is 58.9 Å². The van der Waals surface area contributed by atoms with Gasteiger partial charge < -0.3 is 4.74 Å². The van der Waals surface area contributed by atoms with Crippen LogP contribution in [0, 0.1) is 11.7 Å². The number of fused-ring (bicyclic) bond motifs is 3. The van der Waals surface area contributed by atoms with Crippen LogP contribution in [0.3, 0.4) is 0 Å². The molecule has 0 saturated carbocycles. The molecule has 2 saturated heterocycles. The summed E-state index contributed by atoms with van der Waals surface area (Å²) in [4.78, 5) is 12.1. The Balaban J connectivity index is 0.000000136. The molecule has 0 spiro atoms. The lowest BCUT2D eigenvalue weighted by molar-refractivity contribution is 0.454. The summed E-state index contributed by atoms with van der Waals surface area (Å²) in [5.74, 6) is 1.07. The molecule has 4 N–H and O–H groups in total. The van der Waals surface area contributed by atoms with Crippen molar-refractivity contribution in [2.45, 2.75) is 46.1 Å². The van der Waals surface area contributed by atoms with Crippen LogP contribution in [0.25, 0.3) is 33.1 Å². The molecule has 8 heterocycles. The number of H-pyrrole nitrogens is 3. The van der Waals surface area contributed by atoms with Gasteiger partial charge in [0.25, 0.3) is 30.1 Å². The maximum atomic E-state index is 12.9. The van der Waals surface area contributed by atoms with Crippen molar-refractivity contribution in [1.29, 1.82) is 0 Å². The van der Waals surface area contributed by atoms with E-state index in [2.05, 4.69) is 62.4 Å². The maximum absolute atomic E-state index is 12.9. The molecule has 2 aliphatic heterocycles. The fourth-order valence-corrected chi connectivity index (χ4v) is 13.7. The van der Waals surface area contributed by atoms with E-state index in [0.717, 1.165) is 24.7 Å². The predicted molar refractivity (Wildman–Crippen MR) is 268 cm³/mol. The Hall–Kier alpha value is -7.07. The van der Waals surface area contributed by atoms with E-state index in [1.165, 1.54) is 40.3 Å². The number of halogens is 1. The Morgan fingerprint density at radius 1 is 0.575 bits per heavy atom. The van der Waals surface area contributed by atoms with Crippen LogP contribution in [-0.2, 0) is 52.9 Å². The fourth-order valence-electron chi connectivity index (χ4n) is 8.30. The summed E-state index contributed by atoms with van der Waals surface area (Å²) >= 11 is 0. The quantitative estimate of drug-likeness (QED) is 0.113. The van der Waals surface area contributed by atoms with Gasteiger partial charge in [0.15, 0.2) is 41.9 Å². The van der Waals surface area contributed by atoms with Crippen LogP contribution in [0.15, 0.2) is 149 Å².